The molecule has 0 aliphatic heterocycles. The van der Waals surface area contributed by atoms with E-state index >= 15 is 0 Å². The van der Waals surface area contributed by atoms with E-state index in [9.17, 15) is 14.4 Å². The molecule has 0 aromatic heterocycles. The third-order valence-electron chi connectivity index (χ3n) is 5.39. The summed E-state index contributed by atoms with van der Waals surface area (Å²) < 4.78 is 5.16. The van der Waals surface area contributed by atoms with Gasteiger partial charge in [0, 0.05) is 11.6 Å². The molecule has 1 aromatic carbocycles. The van der Waals surface area contributed by atoms with Crippen LogP contribution in [0.5, 0.6) is 0 Å². The topological polar surface area (TPSA) is 84.5 Å². The Hall–Kier alpha value is -2.37. The molecule has 1 aliphatic carbocycles. The van der Waals surface area contributed by atoms with Gasteiger partial charge >= 0.3 is 5.97 Å². The molecule has 0 unspecified atom stereocenters. The van der Waals surface area contributed by atoms with Crippen molar-refractivity contribution in [3.8, 4) is 0 Å². The van der Waals surface area contributed by atoms with Gasteiger partial charge in [-0.2, -0.15) is 0 Å². The summed E-state index contributed by atoms with van der Waals surface area (Å²) in [5.41, 5.74) is 1.44. The number of esters is 1. The first kappa shape index (κ1) is 20.9. The monoisotopic (exact) mass is 374 g/mol. The third-order valence-corrected chi connectivity index (χ3v) is 5.39. The summed E-state index contributed by atoms with van der Waals surface area (Å²) in [7, 11) is 0. The summed E-state index contributed by atoms with van der Waals surface area (Å²) in [5.74, 6) is -0.307. The minimum absolute atomic E-state index is 0.114. The van der Waals surface area contributed by atoms with Gasteiger partial charge in [0.05, 0.1) is 0 Å². The van der Waals surface area contributed by atoms with Crippen LogP contribution in [-0.2, 0) is 14.3 Å². The van der Waals surface area contributed by atoms with Crippen LogP contribution < -0.4 is 10.6 Å². The Morgan fingerprint density at radius 3 is 2.67 bits per heavy atom. The molecule has 4 atom stereocenters. The van der Waals surface area contributed by atoms with Gasteiger partial charge in [-0.3, -0.25) is 14.4 Å². The van der Waals surface area contributed by atoms with Crippen molar-refractivity contribution in [1.82, 2.24) is 10.6 Å². The van der Waals surface area contributed by atoms with Gasteiger partial charge in [-0.15, -0.1) is 0 Å². The van der Waals surface area contributed by atoms with Crippen LogP contribution in [0, 0.1) is 18.8 Å². The van der Waals surface area contributed by atoms with Crippen LogP contribution in [0.25, 0.3) is 0 Å². The zero-order valence-electron chi connectivity index (χ0n) is 16.6. The van der Waals surface area contributed by atoms with E-state index in [1.165, 1.54) is 6.42 Å². The lowest BCUT2D eigenvalue weighted by Crippen LogP contribution is -2.48. The second kappa shape index (κ2) is 9.53. The summed E-state index contributed by atoms with van der Waals surface area (Å²) in [6, 6.07) is 7.20. The zero-order valence-corrected chi connectivity index (χ0v) is 16.6. The van der Waals surface area contributed by atoms with Crippen LogP contribution in [0.2, 0.25) is 0 Å². The second-order valence-electron chi connectivity index (χ2n) is 7.57. The molecule has 0 bridgehead atoms. The number of rotatable bonds is 6. The minimum Gasteiger partial charge on any atom is -0.451 e. The molecule has 6 heteroatoms. The lowest BCUT2D eigenvalue weighted by molar-refractivity contribution is -0.154. The van der Waals surface area contributed by atoms with E-state index in [1.54, 1.807) is 25.1 Å². The number of benzene rings is 1. The molecule has 0 radical (unpaired) electrons. The van der Waals surface area contributed by atoms with Crippen molar-refractivity contribution >= 4 is 17.8 Å². The van der Waals surface area contributed by atoms with Gasteiger partial charge in [0.2, 0.25) is 0 Å². The van der Waals surface area contributed by atoms with E-state index in [0.29, 0.717) is 17.4 Å². The smallest absolute Gasteiger partial charge is 0.326 e. The third kappa shape index (κ3) is 6.08. The van der Waals surface area contributed by atoms with Crippen LogP contribution in [0.3, 0.4) is 0 Å². The molecule has 0 heterocycles. The van der Waals surface area contributed by atoms with Crippen molar-refractivity contribution in [2.24, 2.45) is 11.8 Å². The van der Waals surface area contributed by atoms with Crippen molar-refractivity contribution in [1.29, 1.82) is 0 Å². The molecule has 1 aromatic rings. The molecule has 1 aliphatic rings. The number of ether oxygens (including phenoxy) is 1. The van der Waals surface area contributed by atoms with Gasteiger partial charge in [0.15, 0.2) is 6.10 Å². The molecule has 0 spiro atoms. The quantitative estimate of drug-likeness (QED) is 0.750. The van der Waals surface area contributed by atoms with Crippen molar-refractivity contribution in [3.05, 3.63) is 35.4 Å². The standard InChI is InChI=1S/C21H30N2O4/c1-13-7-5-9-17(11-13)21(26)22-12-19(24)27-16(4)20(25)23-18-10-6-8-14(2)15(18)3/h5,7,9,11,14-16,18H,6,8,10,12H2,1-4H3,(H,22,26)(H,23,25)/t14-,15-,16+,18-/m0/s1. The first-order chi connectivity index (χ1) is 12.8. The molecule has 1 saturated carbocycles. The fourth-order valence-corrected chi connectivity index (χ4v) is 3.42. The number of hydrogen-bond acceptors (Lipinski definition) is 4. The average molecular weight is 374 g/mol. The predicted molar refractivity (Wildman–Crippen MR) is 103 cm³/mol. The number of nitrogens with one attached hydrogen (secondary N) is 2. The first-order valence-electron chi connectivity index (χ1n) is 9.62. The van der Waals surface area contributed by atoms with Crippen LogP contribution in [-0.4, -0.2) is 36.5 Å². The average Bonchev–Trinajstić information content (AvgIpc) is 2.63. The number of aryl methyl sites for hydroxylation is 1. The van der Waals surface area contributed by atoms with Crippen LogP contribution in [0.1, 0.15) is 56.0 Å². The van der Waals surface area contributed by atoms with E-state index in [2.05, 4.69) is 24.5 Å². The minimum atomic E-state index is -0.891. The molecule has 1 fully saturated rings. The maximum atomic E-state index is 12.3. The number of carbonyl (C=O) groups excluding carboxylic acids is 3. The Kier molecular flexibility index (Phi) is 7.39. The highest BCUT2D eigenvalue weighted by molar-refractivity contribution is 5.96. The van der Waals surface area contributed by atoms with Gasteiger partial charge in [-0.05, 0) is 44.2 Å². The Balaban J connectivity index is 1.77. The van der Waals surface area contributed by atoms with Crippen LogP contribution in [0.4, 0.5) is 0 Å². The molecular weight excluding hydrogens is 344 g/mol. The number of amides is 2. The largest absolute Gasteiger partial charge is 0.451 e. The molecule has 148 valence electrons. The molecule has 2 N–H and O–H groups in total. The van der Waals surface area contributed by atoms with E-state index in [4.69, 9.17) is 4.74 Å². The maximum absolute atomic E-state index is 12.3. The second-order valence-corrected chi connectivity index (χ2v) is 7.57. The van der Waals surface area contributed by atoms with E-state index in [0.717, 1.165) is 18.4 Å². The fraction of sp³-hybridized carbons (Fsp3) is 0.571. The Labute approximate surface area is 161 Å². The highest BCUT2D eigenvalue weighted by atomic mass is 16.5. The highest BCUT2D eigenvalue weighted by Crippen LogP contribution is 2.29. The first-order valence-corrected chi connectivity index (χ1v) is 9.62. The summed E-state index contributed by atoms with van der Waals surface area (Å²) in [6.07, 6.45) is 2.33. The highest BCUT2D eigenvalue weighted by Gasteiger charge is 2.30. The van der Waals surface area contributed by atoms with E-state index < -0.39 is 12.1 Å². The Morgan fingerprint density at radius 2 is 1.96 bits per heavy atom. The van der Waals surface area contributed by atoms with Crippen molar-refractivity contribution in [3.63, 3.8) is 0 Å². The molecule has 2 amide bonds. The van der Waals surface area contributed by atoms with Gasteiger partial charge in [-0.1, -0.05) is 44.4 Å². The Bertz CT molecular complexity index is 689. The molecule has 0 saturated heterocycles. The normalized spacial score (nSPS) is 23.2. The zero-order chi connectivity index (χ0) is 20.0. The van der Waals surface area contributed by atoms with E-state index in [1.807, 2.05) is 13.0 Å². The SMILES string of the molecule is Cc1cccc(C(=O)NCC(=O)O[C@H](C)C(=O)N[C@H]2CCC[C@H](C)[C@@H]2C)c1. The summed E-state index contributed by atoms with van der Waals surface area (Å²) in [6.45, 7) is 7.50. The number of hydrogen-bond donors (Lipinski definition) is 2. The molecule has 27 heavy (non-hydrogen) atoms. The molecular formula is C21H30N2O4. The van der Waals surface area contributed by atoms with Gasteiger partial charge in [-0.25, -0.2) is 0 Å². The lowest BCUT2D eigenvalue weighted by atomic mass is 9.78. The van der Waals surface area contributed by atoms with Crippen molar-refractivity contribution in [2.75, 3.05) is 6.54 Å². The Morgan fingerprint density at radius 1 is 1.22 bits per heavy atom. The van der Waals surface area contributed by atoms with Crippen molar-refractivity contribution < 1.29 is 19.1 Å². The van der Waals surface area contributed by atoms with E-state index in [-0.39, 0.29) is 24.4 Å². The summed E-state index contributed by atoms with van der Waals surface area (Å²) >= 11 is 0. The lowest BCUT2D eigenvalue weighted by Gasteiger charge is -2.35. The van der Waals surface area contributed by atoms with Gasteiger partial charge < -0.3 is 15.4 Å². The van der Waals surface area contributed by atoms with Gasteiger partial charge in [0.25, 0.3) is 11.8 Å². The van der Waals surface area contributed by atoms with Crippen molar-refractivity contribution in [2.45, 2.75) is 59.1 Å². The fourth-order valence-electron chi connectivity index (χ4n) is 3.42. The summed E-state index contributed by atoms with van der Waals surface area (Å²) in [5, 5.41) is 5.52. The number of carbonyl (C=O) groups is 3. The molecule has 2 rings (SSSR count). The van der Waals surface area contributed by atoms with Crippen LogP contribution >= 0.6 is 0 Å². The molecule has 6 nitrogen and oxygen atoms in total. The predicted octanol–water partition coefficient (Wildman–Crippen LogP) is 2.60. The van der Waals surface area contributed by atoms with Crippen LogP contribution in [0.15, 0.2) is 24.3 Å². The summed E-state index contributed by atoms with van der Waals surface area (Å²) in [4.78, 5) is 36.3. The van der Waals surface area contributed by atoms with Gasteiger partial charge in [0.1, 0.15) is 6.54 Å². The maximum Gasteiger partial charge on any atom is 0.326 e.